The highest BCUT2D eigenvalue weighted by Gasteiger charge is 2.23. The maximum absolute atomic E-state index is 14.1. The fourth-order valence-electron chi connectivity index (χ4n) is 5.36. The molecule has 0 aliphatic carbocycles. The summed E-state index contributed by atoms with van der Waals surface area (Å²) in [4.78, 5) is 17.6. The van der Waals surface area contributed by atoms with Gasteiger partial charge in [-0.1, -0.05) is 24.3 Å². The first-order valence-corrected chi connectivity index (χ1v) is 14.6. The van der Waals surface area contributed by atoms with E-state index in [1.807, 2.05) is 47.3 Å². The molecule has 1 aliphatic rings. The van der Waals surface area contributed by atoms with Crippen molar-refractivity contribution in [1.82, 2.24) is 14.7 Å². The van der Waals surface area contributed by atoms with Gasteiger partial charge in [0.05, 0.1) is 13.7 Å². The fourth-order valence-corrected chi connectivity index (χ4v) is 6.67. The van der Waals surface area contributed by atoms with E-state index in [1.165, 1.54) is 31.5 Å². The van der Waals surface area contributed by atoms with Gasteiger partial charge < -0.3 is 9.47 Å². The molecule has 3 heterocycles. The van der Waals surface area contributed by atoms with E-state index < -0.39 is 0 Å². The van der Waals surface area contributed by atoms with Gasteiger partial charge in [0.2, 0.25) is 0 Å². The van der Waals surface area contributed by atoms with Crippen molar-refractivity contribution in [2.24, 2.45) is 0 Å². The average Bonchev–Trinajstić information content (AvgIpc) is 3.75. The van der Waals surface area contributed by atoms with Gasteiger partial charge in [0.25, 0.3) is 0 Å². The van der Waals surface area contributed by atoms with Crippen LogP contribution < -0.4 is 9.47 Å². The Morgan fingerprint density at radius 1 is 1.02 bits per heavy atom. The van der Waals surface area contributed by atoms with E-state index in [0.717, 1.165) is 43.9 Å². The number of hydrogen-bond donors (Lipinski definition) is 0. The lowest BCUT2D eigenvalue weighted by Crippen LogP contribution is -2.25. The first kappa shape index (κ1) is 26.3. The molecule has 0 amide bonds. The third-order valence-corrected chi connectivity index (χ3v) is 8.71. The van der Waals surface area contributed by atoms with Crippen LogP contribution in [0.25, 0.3) is 20.5 Å². The van der Waals surface area contributed by atoms with Gasteiger partial charge >= 0.3 is 0 Å². The quantitative estimate of drug-likeness (QED) is 0.178. The van der Waals surface area contributed by atoms with Crippen molar-refractivity contribution in [3.8, 4) is 21.9 Å². The van der Waals surface area contributed by atoms with Crippen LogP contribution in [0.1, 0.15) is 39.9 Å². The summed E-state index contributed by atoms with van der Waals surface area (Å²) in [6, 6.07) is 22.0. The number of aryl methyl sites for hydroxylation is 1. The third-order valence-electron chi connectivity index (χ3n) is 7.50. The molecular formula is C33H33N3O3S. The van der Waals surface area contributed by atoms with Gasteiger partial charge in [-0.2, -0.15) is 5.10 Å². The van der Waals surface area contributed by atoms with Crippen LogP contribution in [0.2, 0.25) is 0 Å². The maximum Gasteiger partial charge on any atom is 0.195 e. The van der Waals surface area contributed by atoms with Gasteiger partial charge in [0.1, 0.15) is 18.1 Å². The zero-order valence-corrected chi connectivity index (χ0v) is 23.7. The summed E-state index contributed by atoms with van der Waals surface area (Å²) in [6.07, 6.45) is 6.23. The van der Waals surface area contributed by atoms with Crippen LogP contribution in [0.4, 0.5) is 0 Å². The van der Waals surface area contributed by atoms with E-state index in [4.69, 9.17) is 9.47 Å². The van der Waals surface area contributed by atoms with Crippen molar-refractivity contribution in [1.29, 1.82) is 0 Å². The SMILES string of the molecule is COc1cc(C(=O)c2c(-c3ccc(OCCN4CCCC4)cc3)sc3cc(C)ccc23)ccc1Cn1cccn1. The monoisotopic (exact) mass is 551 g/mol. The van der Waals surface area contributed by atoms with Crippen LogP contribution in [0.5, 0.6) is 11.5 Å². The topological polar surface area (TPSA) is 56.6 Å². The summed E-state index contributed by atoms with van der Waals surface area (Å²) in [5.41, 5.74) is 4.48. The number of benzene rings is 3. The molecule has 0 saturated carbocycles. The van der Waals surface area contributed by atoms with Crippen LogP contribution >= 0.6 is 11.3 Å². The molecule has 6 nitrogen and oxygen atoms in total. The molecule has 0 bridgehead atoms. The molecule has 0 radical (unpaired) electrons. The summed E-state index contributed by atoms with van der Waals surface area (Å²) in [6.45, 7) is 6.64. The van der Waals surface area contributed by atoms with Crippen molar-refractivity contribution >= 4 is 27.2 Å². The van der Waals surface area contributed by atoms with Crippen LogP contribution in [0.15, 0.2) is 79.1 Å². The number of ether oxygens (including phenoxy) is 2. The average molecular weight is 552 g/mol. The second kappa shape index (κ2) is 11.7. The minimum Gasteiger partial charge on any atom is -0.496 e. The summed E-state index contributed by atoms with van der Waals surface area (Å²) in [7, 11) is 1.64. The van der Waals surface area contributed by atoms with E-state index in [9.17, 15) is 4.79 Å². The Morgan fingerprint density at radius 2 is 1.85 bits per heavy atom. The second-order valence-electron chi connectivity index (χ2n) is 10.3. The lowest BCUT2D eigenvalue weighted by Gasteiger charge is -2.15. The highest BCUT2D eigenvalue weighted by atomic mass is 32.1. The van der Waals surface area contributed by atoms with Crippen molar-refractivity contribution in [2.75, 3.05) is 33.4 Å². The van der Waals surface area contributed by atoms with Crippen LogP contribution in [0, 0.1) is 6.92 Å². The van der Waals surface area contributed by atoms with Gasteiger partial charge in [-0.05, 0) is 86.4 Å². The predicted molar refractivity (Wildman–Crippen MR) is 161 cm³/mol. The number of carbonyl (C=O) groups excluding carboxylic acids is 1. The van der Waals surface area contributed by atoms with Crippen LogP contribution in [-0.2, 0) is 6.54 Å². The normalized spacial score (nSPS) is 13.7. The Bertz CT molecular complexity index is 1620. The Kier molecular flexibility index (Phi) is 7.66. The predicted octanol–water partition coefficient (Wildman–Crippen LogP) is 6.84. The summed E-state index contributed by atoms with van der Waals surface area (Å²) >= 11 is 1.66. The molecule has 5 aromatic rings. The molecule has 1 saturated heterocycles. The van der Waals surface area contributed by atoms with E-state index in [-0.39, 0.29) is 5.78 Å². The first-order valence-electron chi connectivity index (χ1n) is 13.8. The number of aromatic nitrogens is 2. The Balaban J connectivity index is 1.30. The minimum absolute atomic E-state index is 0.0139. The summed E-state index contributed by atoms with van der Waals surface area (Å²) < 4.78 is 14.7. The van der Waals surface area contributed by atoms with Crippen molar-refractivity contribution in [3.63, 3.8) is 0 Å². The molecule has 0 N–H and O–H groups in total. The molecule has 6 rings (SSSR count). The minimum atomic E-state index is -0.0139. The molecule has 40 heavy (non-hydrogen) atoms. The van der Waals surface area contributed by atoms with Crippen molar-refractivity contribution in [2.45, 2.75) is 26.3 Å². The molecule has 3 aromatic carbocycles. The first-order chi connectivity index (χ1) is 19.6. The van der Waals surface area contributed by atoms with E-state index in [2.05, 4.69) is 47.3 Å². The summed E-state index contributed by atoms with van der Waals surface area (Å²) in [5.74, 6) is 1.51. The van der Waals surface area contributed by atoms with Crippen molar-refractivity contribution in [3.05, 3.63) is 101 Å². The molecule has 0 spiro atoms. The molecule has 0 unspecified atom stereocenters. The molecule has 0 atom stereocenters. The largest absolute Gasteiger partial charge is 0.496 e. The highest BCUT2D eigenvalue weighted by molar-refractivity contribution is 7.22. The zero-order valence-electron chi connectivity index (χ0n) is 22.9. The van der Waals surface area contributed by atoms with Gasteiger partial charge in [0.15, 0.2) is 5.78 Å². The van der Waals surface area contributed by atoms with Gasteiger partial charge in [-0.3, -0.25) is 14.4 Å². The van der Waals surface area contributed by atoms with Gasteiger partial charge in [0, 0.05) is 50.6 Å². The molecule has 204 valence electrons. The number of carbonyl (C=O) groups is 1. The van der Waals surface area contributed by atoms with Gasteiger partial charge in [-0.15, -0.1) is 11.3 Å². The fraction of sp³-hybridized carbons (Fsp3) is 0.273. The zero-order chi connectivity index (χ0) is 27.5. The summed E-state index contributed by atoms with van der Waals surface area (Å²) in [5, 5.41) is 5.27. The number of rotatable bonds is 10. The van der Waals surface area contributed by atoms with E-state index in [1.54, 1.807) is 24.6 Å². The molecule has 1 fully saturated rings. The molecule has 2 aromatic heterocycles. The smallest absolute Gasteiger partial charge is 0.195 e. The molecular weight excluding hydrogens is 518 g/mol. The highest BCUT2D eigenvalue weighted by Crippen LogP contribution is 2.41. The maximum atomic E-state index is 14.1. The number of thiophene rings is 1. The number of nitrogens with zero attached hydrogens (tertiary/aromatic N) is 3. The third kappa shape index (κ3) is 5.53. The number of hydrogen-bond acceptors (Lipinski definition) is 6. The van der Waals surface area contributed by atoms with E-state index >= 15 is 0 Å². The standard InChI is InChI=1S/C33H33N3O3S/c1-23-6-13-28-30(20-23)40-33(24-9-11-27(12-10-24)39-19-18-35-15-3-4-16-35)31(28)32(37)25-7-8-26(29(21-25)38-2)22-36-17-5-14-34-36/h5-14,17,20-21H,3-4,15-16,18-19,22H2,1-2H3. The Labute approximate surface area is 238 Å². The van der Waals surface area contributed by atoms with Crippen LogP contribution in [0.3, 0.4) is 0 Å². The number of methoxy groups -OCH3 is 1. The Hall–Kier alpha value is -3.94. The molecule has 7 heteroatoms. The lowest BCUT2D eigenvalue weighted by atomic mass is 9.96. The second-order valence-corrected chi connectivity index (χ2v) is 11.3. The van der Waals surface area contributed by atoms with Gasteiger partial charge in [-0.25, -0.2) is 0 Å². The van der Waals surface area contributed by atoms with Crippen LogP contribution in [-0.4, -0.2) is 53.8 Å². The number of ketones is 1. The molecule has 1 aliphatic heterocycles. The van der Waals surface area contributed by atoms with E-state index in [0.29, 0.717) is 24.5 Å². The van der Waals surface area contributed by atoms with Crippen molar-refractivity contribution < 1.29 is 14.3 Å². The number of fused-ring (bicyclic) bond motifs is 1. The lowest BCUT2D eigenvalue weighted by molar-refractivity contribution is 0.104. The Morgan fingerprint density at radius 3 is 2.60 bits per heavy atom. The number of likely N-dealkylation sites (tertiary alicyclic amines) is 1.